The molecule has 0 atom stereocenters. The van der Waals surface area contributed by atoms with Gasteiger partial charge in [-0.15, -0.1) is 195 Å². The van der Waals surface area contributed by atoms with E-state index < -0.39 is 0 Å². The van der Waals surface area contributed by atoms with Crippen molar-refractivity contribution < 1.29 is 180 Å². The number of thiophene rings is 3. The Morgan fingerprint density at radius 2 is 0.605 bits per heavy atom. The molecule has 0 amide bonds. The van der Waals surface area contributed by atoms with E-state index in [-0.39, 0.29) is 187 Å². The fourth-order valence-electron chi connectivity index (χ4n) is 12.6. The molecule has 11 aromatic carbocycles. The van der Waals surface area contributed by atoms with E-state index in [1.807, 2.05) is 289 Å². The Balaban J connectivity index is 0.000000336. The maximum Gasteiger partial charge on any atom is 0.155 e. The number of allylic oxidation sites excluding steroid dienone is 8. The fourth-order valence-corrected chi connectivity index (χ4v) is 17.6. The van der Waals surface area contributed by atoms with Gasteiger partial charge in [-0.25, -0.2) is 34.0 Å². The molecule has 0 unspecified atom stereocenters. The average Bonchev–Trinajstić information content (AvgIpc) is 1.78. The molecular formula is C118H94Ir7N8O8S6-8. The number of hydrogen-bond donors (Lipinski definition) is 4. The van der Waals surface area contributed by atoms with Crippen molar-refractivity contribution in [1.82, 2.24) is 39.9 Å². The number of carbonyl (C=O) groups excluding carboxylic acids is 4. The Morgan fingerprint density at radius 3 is 1.02 bits per heavy atom. The smallest absolute Gasteiger partial charge is 0.155 e. The first-order chi connectivity index (χ1) is 68.0. The van der Waals surface area contributed by atoms with Gasteiger partial charge in [-0.2, -0.15) is 70.4 Å². The molecule has 0 saturated carbocycles. The predicted octanol–water partition coefficient (Wildman–Crippen LogP) is 31.3. The van der Waals surface area contributed by atoms with Gasteiger partial charge in [0.25, 0.3) is 0 Å². The van der Waals surface area contributed by atoms with Crippen LogP contribution in [-0.2, 0) is 160 Å². The second-order valence-corrected chi connectivity index (χ2v) is 35.7. The molecule has 0 saturated heterocycles. The average molecular weight is 3290 g/mol. The minimum atomic E-state index is -0.125. The first-order valence-electron chi connectivity index (χ1n) is 43.6. The van der Waals surface area contributed by atoms with Crippen molar-refractivity contribution in [3.8, 4) is 74.7 Å². The molecule has 22 aromatic rings. The first-order valence-corrected chi connectivity index (χ1v) is 48.6. The van der Waals surface area contributed by atoms with Gasteiger partial charge in [0, 0.05) is 219 Å². The Kier molecular flexibility index (Phi) is 61.1. The molecule has 147 heavy (non-hydrogen) atoms. The number of aliphatic hydroxyl groups is 4. The summed E-state index contributed by atoms with van der Waals surface area (Å²) in [5.74, 6) is -0.250. The molecule has 0 aliphatic rings. The first kappa shape index (κ1) is 128. The molecule has 16 nitrogen and oxygen atoms in total. The number of nitrogens with zero attached hydrogens (tertiary/aromatic N) is 8. The number of ketones is 4. The number of aliphatic hydroxyl groups excluding tert-OH is 4. The maximum atomic E-state index is 10.0. The topological polar surface area (TPSA) is 252 Å². The van der Waals surface area contributed by atoms with Gasteiger partial charge in [0.15, 0.2) is 23.1 Å². The van der Waals surface area contributed by atoms with Crippen LogP contribution in [0, 0.1) is 48.5 Å². The predicted molar refractivity (Wildman–Crippen MR) is 581 cm³/mol. The molecule has 0 fully saturated rings. The molecule has 0 aliphatic heterocycles. The Hall–Kier alpha value is -11.6. The summed E-state index contributed by atoms with van der Waals surface area (Å²) in [7, 11) is 0. The van der Waals surface area contributed by atoms with Crippen LogP contribution in [0.1, 0.15) is 55.4 Å². The minimum absolute atomic E-state index is 0. The van der Waals surface area contributed by atoms with Crippen LogP contribution in [0.15, 0.2) is 422 Å². The molecule has 0 bridgehead atoms. The number of para-hydroxylation sites is 4. The number of benzene rings is 11. The summed E-state index contributed by atoms with van der Waals surface area (Å²) >= 11 is 10.2. The normalized spacial score (nSPS) is 10.2. The molecule has 0 spiro atoms. The number of fused-ring (bicyclic) bond motifs is 8. The zero-order valence-corrected chi connectivity index (χ0v) is 102. The third-order valence-corrected chi connectivity index (χ3v) is 24.3. The third kappa shape index (κ3) is 44.7. The van der Waals surface area contributed by atoms with Crippen LogP contribution in [-0.4, -0.2) is 83.4 Å². The van der Waals surface area contributed by atoms with Gasteiger partial charge in [-0.05, 0) is 166 Å². The zero-order chi connectivity index (χ0) is 99.0. The SMILES string of the molecule is CC(=O)C=C(C)O.CC(=O)C=C(C)O.CC(=O)C=C(C)O.CC(=O)C=C(C)O.[Ir].[Ir].[Ir].[Ir].[Ir].[Ir].[Ir].[c-]1cccc2ccc3cccnc3c12.[c-]1ccccc1-c1cc2ccccc2cn1.[c-]1ccccc1-c1ccc2ccccc2n1.[c-]1ccccc1-c1ccccn1.[c-]1ccccc1-c1nc2ccccc2s1.[c-]1ccsc1-c1ccccn1.[c-]1ccsc1-c1nc2ccccc2s1.[c-]1ccsc1-c1nc2ccccc2s1. The Morgan fingerprint density at radius 1 is 0.259 bits per heavy atom. The summed E-state index contributed by atoms with van der Waals surface area (Å²) in [6, 6.07) is 136. The van der Waals surface area contributed by atoms with Crippen LogP contribution < -0.4 is 0 Å². The molecule has 11 aromatic heterocycles. The van der Waals surface area contributed by atoms with E-state index in [1.54, 1.807) is 80.4 Å². The molecule has 7 radical (unpaired) electrons. The van der Waals surface area contributed by atoms with Gasteiger partial charge in [0.05, 0.1) is 45.1 Å². The Labute approximate surface area is 974 Å². The number of rotatable bonds is 11. The fraction of sp³-hybridized carbons (Fsp3) is 0.0678. The van der Waals surface area contributed by atoms with E-state index >= 15 is 0 Å². The number of thiazole rings is 3. The second kappa shape index (κ2) is 70.3. The van der Waals surface area contributed by atoms with Gasteiger partial charge in [-0.3, -0.25) is 39.1 Å². The van der Waals surface area contributed by atoms with Crippen molar-refractivity contribution in [3.05, 3.63) is 470 Å². The van der Waals surface area contributed by atoms with Gasteiger partial charge >= 0.3 is 0 Å². The molecule has 0 aliphatic carbocycles. The molecule has 4 N–H and O–H groups in total. The maximum absolute atomic E-state index is 10.0. The van der Waals surface area contributed by atoms with Crippen molar-refractivity contribution >= 4 is 165 Å². The van der Waals surface area contributed by atoms with E-state index in [0.717, 1.165) is 108 Å². The van der Waals surface area contributed by atoms with E-state index in [1.165, 1.54) is 121 Å². The third-order valence-electron chi connectivity index (χ3n) is 18.4. The molecule has 761 valence electrons. The van der Waals surface area contributed by atoms with Crippen molar-refractivity contribution in [2.24, 2.45) is 0 Å². The van der Waals surface area contributed by atoms with Crippen LogP contribution in [0.4, 0.5) is 0 Å². The quantitative estimate of drug-likeness (QED) is 0.0406. The van der Waals surface area contributed by atoms with E-state index in [2.05, 4.69) is 161 Å². The monoisotopic (exact) mass is 3290 g/mol. The number of hydrogen-bond acceptors (Lipinski definition) is 22. The summed E-state index contributed by atoms with van der Waals surface area (Å²) in [4.78, 5) is 79.0. The summed E-state index contributed by atoms with van der Waals surface area (Å²) in [6.45, 7) is 11.4. The van der Waals surface area contributed by atoms with Gasteiger partial charge in [-0.1, -0.05) is 154 Å². The molecular weight excluding hydrogens is 3200 g/mol. The van der Waals surface area contributed by atoms with Crippen LogP contribution in [0.3, 0.4) is 0 Å². The van der Waals surface area contributed by atoms with Crippen LogP contribution in [0.5, 0.6) is 0 Å². The van der Waals surface area contributed by atoms with E-state index in [9.17, 15) is 19.2 Å². The molecule has 29 heteroatoms. The van der Waals surface area contributed by atoms with Gasteiger partial charge in [0.1, 0.15) is 0 Å². The van der Waals surface area contributed by atoms with Crippen LogP contribution in [0.2, 0.25) is 0 Å². The van der Waals surface area contributed by atoms with Crippen molar-refractivity contribution in [2.45, 2.75) is 55.4 Å². The minimum Gasteiger partial charge on any atom is -0.512 e. The van der Waals surface area contributed by atoms with Crippen LogP contribution >= 0.6 is 68.0 Å². The summed E-state index contributed by atoms with van der Waals surface area (Å²) < 4.78 is 3.71. The van der Waals surface area contributed by atoms with E-state index in [4.69, 9.17) is 20.4 Å². The summed E-state index contributed by atoms with van der Waals surface area (Å²) in [6.07, 6.45) is 12.0. The summed E-state index contributed by atoms with van der Waals surface area (Å²) in [5, 5.41) is 49.7. The van der Waals surface area contributed by atoms with Gasteiger partial charge in [0.2, 0.25) is 0 Å². The molecule has 11 heterocycles. The number of carbonyl (C=O) groups is 4. The standard InChI is InChI=1S/2C15H10N.C13H8NS.C13H8N.2C11H6NS2.C11H8N.C9H6NS.4C5H8O2.7Ir/c1-2-6-12(7-3-1)15-10-13-8-4-5-9-14(13)11-16-15;1-2-6-12(7-3-1)15-11-10-13-8-4-5-9-14(13)16-15;1-2-6-10(7-3-1)13-14-11-8-4-5-9-12(11)15-13;1-2-6-12-10(4-1)7-8-11-5-3-9-14-13(11)12;2*1-2-5-9-8(4-1)12-11(14-9)10-6-3-7-13-10;1-2-6-10(7-3-1)11-8-4-5-9-12-11;1-2-6-10-8(4-1)9-5-3-7-11-9;4*1-4(6)3-5(2)7;;;;;;;/h2*1-6,8-11H;1-6,8-9H;1-5,7-9H;2*1-5,7H;1-6,8-9H;1-4,6-7H;4*3,6H,1-2H3;;;;;;;/q8*-1;;;;;;;;;;;. The number of pyridine rings is 5. The number of aromatic nitrogens is 8. The Bertz CT molecular complexity index is 7220. The van der Waals surface area contributed by atoms with Crippen molar-refractivity contribution in [2.75, 3.05) is 0 Å². The van der Waals surface area contributed by atoms with Crippen molar-refractivity contribution in [3.63, 3.8) is 0 Å². The van der Waals surface area contributed by atoms with Crippen molar-refractivity contribution in [1.29, 1.82) is 0 Å². The zero-order valence-electron chi connectivity index (χ0n) is 79.9. The van der Waals surface area contributed by atoms with E-state index in [0.29, 0.717) is 0 Å². The van der Waals surface area contributed by atoms with Gasteiger partial charge < -0.3 is 40.4 Å². The largest absolute Gasteiger partial charge is 0.512 e. The molecule has 22 rings (SSSR count). The summed E-state index contributed by atoms with van der Waals surface area (Å²) in [5.41, 5.74) is 13.4. The van der Waals surface area contributed by atoms with Crippen LogP contribution in [0.25, 0.3) is 149 Å². The second-order valence-electron chi connectivity index (χ2n) is 29.8.